The number of nitrogens with zero attached hydrogens (tertiary/aromatic N) is 1. The molecule has 1 amide bonds. The first-order valence-electron chi connectivity index (χ1n) is 6.98. The van der Waals surface area contributed by atoms with Gasteiger partial charge in [0.25, 0.3) is 0 Å². The minimum atomic E-state index is -0.654. The van der Waals surface area contributed by atoms with Crippen molar-refractivity contribution in [3.05, 3.63) is 23.0 Å². The highest BCUT2D eigenvalue weighted by atomic mass is 19.1. The Morgan fingerprint density at radius 1 is 1.36 bits per heavy atom. The number of carbonyl (C=O) groups excluding carboxylic acids is 2. The van der Waals surface area contributed by atoms with Gasteiger partial charge in [0.1, 0.15) is 0 Å². The summed E-state index contributed by atoms with van der Waals surface area (Å²) in [6.45, 7) is 2.26. The normalized spacial score (nSPS) is 13.0. The summed E-state index contributed by atoms with van der Waals surface area (Å²) in [6.07, 6.45) is 0.00807. The molecule has 120 valence electrons. The van der Waals surface area contributed by atoms with E-state index in [4.69, 9.17) is 9.47 Å². The Bertz CT molecular complexity index is 602. The van der Waals surface area contributed by atoms with Crippen LogP contribution in [0.1, 0.15) is 30.9 Å². The molecule has 1 aromatic rings. The highest BCUT2D eigenvalue weighted by Gasteiger charge is 2.29. The maximum atomic E-state index is 14.2. The summed E-state index contributed by atoms with van der Waals surface area (Å²) < 4.78 is 23.8. The molecule has 0 bridgehead atoms. The molecule has 0 saturated carbocycles. The number of aromatic hydroxyl groups is 1. The van der Waals surface area contributed by atoms with Crippen molar-refractivity contribution in [2.75, 3.05) is 13.7 Å². The van der Waals surface area contributed by atoms with Gasteiger partial charge in [-0.05, 0) is 18.6 Å². The van der Waals surface area contributed by atoms with Crippen molar-refractivity contribution in [3.8, 4) is 11.5 Å². The zero-order chi connectivity index (χ0) is 16.3. The molecule has 0 fully saturated rings. The fourth-order valence-electron chi connectivity index (χ4n) is 2.44. The van der Waals surface area contributed by atoms with E-state index < -0.39 is 11.8 Å². The van der Waals surface area contributed by atoms with E-state index in [1.807, 2.05) is 0 Å². The number of methoxy groups -OCH3 is 1. The van der Waals surface area contributed by atoms with Gasteiger partial charge >= 0.3 is 5.97 Å². The third-order valence-corrected chi connectivity index (χ3v) is 3.51. The Labute approximate surface area is 127 Å². The van der Waals surface area contributed by atoms with Crippen molar-refractivity contribution in [1.82, 2.24) is 4.90 Å². The lowest BCUT2D eigenvalue weighted by Crippen LogP contribution is -2.26. The molecule has 1 aromatic carbocycles. The van der Waals surface area contributed by atoms with E-state index in [0.717, 1.165) is 0 Å². The number of amides is 1. The summed E-state index contributed by atoms with van der Waals surface area (Å²) in [6, 6.07) is 1.40. The SMILES string of the molecule is CCOC(=O)CCC(=O)N1Cc2cc(O)c(OC)c(F)c2C1. The predicted molar refractivity (Wildman–Crippen MR) is 74.7 cm³/mol. The Balaban J connectivity index is 2.04. The minimum absolute atomic E-state index is 0.00340. The molecule has 0 unspecified atom stereocenters. The van der Waals surface area contributed by atoms with Gasteiger partial charge in [0.2, 0.25) is 5.91 Å². The van der Waals surface area contributed by atoms with Gasteiger partial charge < -0.3 is 19.5 Å². The van der Waals surface area contributed by atoms with Crippen LogP contribution in [0.5, 0.6) is 11.5 Å². The molecule has 2 rings (SSSR count). The Kier molecular flexibility index (Phi) is 4.85. The fourth-order valence-corrected chi connectivity index (χ4v) is 2.44. The molecule has 0 radical (unpaired) electrons. The highest BCUT2D eigenvalue weighted by Crippen LogP contribution is 2.37. The lowest BCUT2D eigenvalue weighted by atomic mass is 10.1. The van der Waals surface area contributed by atoms with Crippen LogP contribution in [0.3, 0.4) is 0 Å². The van der Waals surface area contributed by atoms with Crippen LogP contribution in [-0.4, -0.2) is 35.6 Å². The average molecular weight is 311 g/mol. The third kappa shape index (κ3) is 3.13. The molecular formula is C15H18FNO5. The lowest BCUT2D eigenvalue weighted by Gasteiger charge is -2.14. The molecule has 1 N–H and O–H groups in total. The number of hydrogen-bond donors (Lipinski definition) is 1. The van der Waals surface area contributed by atoms with Crippen molar-refractivity contribution >= 4 is 11.9 Å². The molecule has 0 aromatic heterocycles. The van der Waals surface area contributed by atoms with E-state index in [2.05, 4.69) is 0 Å². The smallest absolute Gasteiger partial charge is 0.306 e. The van der Waals surface area contributed by atoms with E-state index in [1.165, 1.54) is 18.1 Å². The summed E-state index contributed by atoms with van der Waals surface area (Å²) in [5.41, 5.74) is 0.874. The van der Waals surface area contributed by atoms with Crippen LogP contribution in [-0.2, 0) is 27.4 Å². The van der Waals surface area contributed by atoms with Crippen LogP contribution in [0.15, 0.2) is 6.07 Å². The summed E-state index contributed by atoms with van der Waals surface area (Å²) >= 11 is 0. The molecule has 7 heteroatoms. The number of halogens is 1. The van der Waals surface area contributed by atoms with Crippen molar-refractivity contribution in [2.24, 2.45) is 0 Å². The number of phenols is 1. The monoisotopic (exact) mass is 311 g/mol. The molecule has 22 heavy (non-hydrogen) atoms. The van der Waals surface area contributed by atoms with E-state index in [1.54, 1.807) is 6.92 Å². The number of fused-ring (bicyclic) bond motifs is 1. The van der Waals surface area contributed by atoms with Gasteiger partial charge in [0.15, 0.2) is 17.3 Å². The standard InChI is InChI=1S/C15H18FNO5/c1-3-22-13(20)5-4-12(19)17-7-9-6-11(18)15(21-2)14(16)10(9)8-17/h6,18H,3-5,7-8H2,1-2H3. The first-order valence-corrected chi connectivity index (χ1v) is 6.98. The maximum absolute atomic E-state index is 14.2. The molecule has 6 nitrogen and oxygen atoms in total. The zero-order valence-electron chi connectivity index (χ0n) is 12.5. The summed E-state index contributed by atoms with van der Waals surface area (Å²) in [4.78, 5) is 24.8. The van der Waals surface area contributed by atoms with Crippen LogP contribution >= 0.6 is 0 Å². The predicted octanol–water partition coefficient (Wildman–Crippen LogP) is 1.73. The number of carbonyl (C=O) groups is 2. The van der Waals surface area contributed by atoms with Crippen molar-refractivity contribution in [1.29, 1.82) is 0 Å². The molecule has 0 aliphatic carbocycles. The first kappa shape index (κ1) is 16.1. The van der Waals surface area contributed by atoms with Crippen LogP contribution in [0, 0.1) is 5.82 Å². The van der Waals surface area contributed by atoms with Gasteiger partial charge in [-0.2, -0.15) is 0 Å². The molecule has 1 aliphatic heterocycles. The van der Waals surface area contributed by atoms with Gasteiger partial charge in [-0.25, -0.2) is 4.39 Å². The highest BCUT2D eigenvalue weighted by molar-refractivity contribution is 5.82. The second kappa shape index (κ2) is 6.64. The zero-order valence-corrected chi connectivity index (χ0v) is 12.5. The summed E-state index contributed by atoms with van der Waals surface area (Å²) in [5.74, 6) is -1.86. The quantitative estimate of drug-likeness (QED) is 0.838. The third-order valence-electron chi connectivity index (χ3n) is 3.51. The number of ether oxygens (including phenoxy) is 2. The molecule has 1 aliphatic rings. The van der Waals surface area contributed by atoms with Gasteiger partial charge in [0.05, 0.1) is 20.1 Å². The van der Waals surface area contributed by atoms with Gasteiger partial charge in [-0.3, -0.25) is 9.59 Å². The summed E-state index contributed by atoms with van der Waals surface area (Å²) in [7, 11) is 1.27. The van der Waals surface area contributed by atoms with Gasteiger partial charge in [0, 0.05) is 25.1 Å². The second-order valence-corrected chi connectivity index (χ2v) is 4.94. The van der Waals surface area contributed by atoms with Crippen molar-refractivity contribution in [2.45, 2.75) is 32.9 Å². The van der Waals surface area contributed by atoms with Gasteiger partial charge in [-0.15, -0.1) is 0 Å². The lowest BCUT2D eigenvalue weighted by molar-refractivity contribution is -0.145. The van der Waals surface area contributed by atoms with Crippen LogP contribution in [0.4, 0.5) is 4.39 Å². The largest absolute Gasteiger partial charge is 0.504 e. The number of esters is 1. The number of rotatable bonds is 5. The fraction of sp³-hybridized carbons (Fsp3) is 0.467. The maximum Gasteiger partial charge on any atom is 0.306 e. The van der Waals surface area contributed by atoms with Gasteiger partial charge in [-0.1, -0.05) is 0 Å². The Hall–Kier alpha value is -2.31. The molecule has 0 spiro atoms. The van der Waals surface area contributed by atoms with E-state index in [-0.39, 0.29) is 49.9 Å². The molecule has 0 saturated heterocycles. The Morgan fingerprint density at radius 3 is 2.73 bits per heavy atom. The van der Waals surface area contributed by atoms with Crippen molar-refractivity contribution in [3.63, 3.8) is 0 Å². The number of hydrogen-bond acceptors (Lipinski definition) is 5. The first-order chi connectivity index (χ1) is 10.5. The van der Waals surface area contributed by atoms with Crippen LogP contribution in [0.25, 0.3) is 0 Å². The van der Waals surface area contributed by atoms with Crippen LogP contribution < -0.4 is 4.74 Å². The molecular weight excluding hydrogens is 293 g/mol. The molecule has 1 heterocycles. The van der Waals surface area contributed by atoms with E-state index in [9.17, 15) is 19.1 Å². The van der Waals surface area contributed by atoms with E-state index in [0.29, 0.717) is 11.1 Å². The van der Waals surface area contributed by atoms with Crippen molar-refractivity contribution < 1.29 is 28.6 Å². The number of phenolic OH excluding ortho intramolecular Hbond substituents is 1. The average Bonchev–Trinajstić information content (AvgIpc) is 2.89. The Morgan fingerprint density at radius 2 is 2.09 bits per heavy atom. The minimum Gasteiger partial charge on any atom is -0.504 e. The second-order valence-electron chi connectivity index (χ2n) is 4.94. The molecule has 0 atom stereocenters. The topological polar surface area (TPSA) is 76.1 Å². The van der Waals surface area contributed by atoms with E-state index >= 15 is 0 Å². The van der Waals surface area contributed by atoms with Crippen LogP contribution in [0.2, 0.25) is 0 Å². The number of benzene rings is 1. The summed E-state index contributed by atoms with van der Waals surface area (Å²) in [5, 5.41) is 9.69.